The maximum absolute atomic E-state index is 13.7. The molecule has 4 rings (SSSR count). The van der Waals surface area contributed by atoms with Gasteiger partial charge in [0.1, 0.15) is 18.0 Å². The van der Waals surface area contributed by atoms with Crippen LogP contribution in [0.1, 0.15) is 43.9 Å². The molecule has 0 bridgehead atoms. The highest BCUT2D eigenvalue weighted by Gasteiger charge is 2.29. The summed E-state index contributed by atoms with van der Waals surface area (Å²) >= 11 is 0. The topological polar surface area (TPSA) is 83.4 Å². The van der Waals surface area contributed by atoms with Crippen LogP contribution in [0.25, 0.3) is 11.3 Å². The van der Waals surface area contributed by atoms with Gasteiger partial charge < -0.3 is 15.5 Å². The van der Waals surface area contributed by atoms with Crippen LogP contribution in [0.2, 0.25) is 0 Å². The molecule has 194 valence electrons. The summed E-state index contributed by atoms with van der Waals surface area (Å²) in [5, 5.41) is 5.51. The van der Waals surface area contributed by atoms with Crippen molar-refractivity contribution in [3.8, 4) is 11.3 Å². The number of benzene rings is 2. The van der Waals surface area contributed by atoms with Crippen molar-refractivity contribution < 1.29 is 14.0 Å². The number of likely N-dealkylation sites (N-methyl/N-ethyl adjacent to an activating group) is 2. The predicted molar refractivity (Wildman–Crippen MR) is 143 cm³/mol. The van der Waals surface area contributed by atoms with Gasteiger partial charge in [-0.05, 0) is 93.2 Å². The SMILES string of the molecule is CCN(C(=O)Cn1c(-c2ccc(F)cc2)ccc(NC(=O)C(C)NC)c1=O)[C@H]1CCCc2ccccc21. The molecule has 0 saturated carbocycles. The highest BCUT2D eigenvalue weighted by Crippen LogP contribution is 2.34. The van der Waals surface area contributed by atoms with E-state index < -0.39 is 17.4 Å². The lowest BCUT2D eigenvalue weighted by molar-refractivity contribution is -0.134. The van der Waals surface area contributed by atoms with Gasteiger partial charge in [-0.1, -0.05) is 24.3 Å². The summed E-state index contributed by atoms with van der Waals surface area (Å²) in [5.41, 5.74) is 3.05. The van der Waals surface area contributed by atoms with Gasteiger partial charge in [0.05, 0.1) is 17.8 Å². The third kappa shape index (κ3) is 5.64. The second kappa shape index (κ2) is 11.5. The zero-order valence-corrected chi connectivity index (χ0v) is 21.5. The Balaban J connectivity index is 1.72. The number of rotatable bonds is 8. The lowest BCUT2D eigenvalue weighted by Gasteiger charge is -2.35. The average Bonchev–Trinajstić information content (AvgIpc) is 2.91. The smallest absolute Gasteiger partial charge is 0.275 e. The monoisotopic (exact) mass is 504 g/mol. The molecule has 1 aliphatic rings. The van der Waals surface area contributed by atoms with E-state index in [9.17, 15) is 18.8 Å². The van der Waals surface area contributed by atoms with Gasteiger partial charge in [0.25, 0.3) is 5.56 Å². The summed E-state index contributed by atoms with van der Waals surface area (Å²) < 4.78 is 15.0. The second-order valence-electron chi connectivity index (χ2n) is 9.32. The summed E-state index contributed by atoms with van der Waals surface area (Å²) in [4.78, 5) is 41.6. The normalized spacial score (nSPS) is 15.5. The first kappa shape index (κ1) is 26.3. The molecule has 7 nitrogen and oxygen atoms in total. The predicted octanol–water partition coefficient (Wildman–Crippen LogP) is 4.13. The molecule has 3 aromatic rings. The second-order valence-corrected chi connectivity index (χ2v) is 9.32. The summed E-state index contributed by atoms with van der Waals surface area (Å²) in [6, 6.07) is 16.6. The minimum absolute atomic E-state index is 0.0632. The number of hydrogen-bond acceptors (Lipinski definition) is 4. The van der Waals surface area contributed by atoms with Crippen LogP contribution in [-0.2, 0) is 22.6 Å². The quantitative estimate of drug-likeness (QED) is 0.483. The van der Waals surface area contributed by atoms with Crippen molar-refractivity contribution >= 4 is 17.5 Å². The third-order valence-corrected chi connectivity index (χ3v) is 7.07. The summed E-state index contributed by atoms with van der Waals surface area (Å²) in [5.74, 6) is -0.950. The number of nitrogens with zero attached hydrogens (tertiary/aromatic N) is 2. The Morgan fingerprint density at radius 1 is 1.11 bits per heavy atom. The summed E-state index contributed by atoms with van der Waals surface area (Å²) in [7, 11) is 1.65. The van der Waals surface area contributed by atoms with Gasteiger partial charge in [0.15, 0.2) is 0 Å². The number of pyridine rings is 1. The number of carbonyl (C=O) groups is 2. The molecule has 2 atom stereocenters. The van der Waals surface area contributed by atoms with Crippen LogP contribution in [0.3, 0.4) is 0 Å². The summed E-state index contributed by atoms with van der Waals surface area (Å²) in [6.45, 7) is 3.91. The van der Waals surface area contributed by atoms with Crippen molar-refractivity contribution in [3.05, 3.63) is 88.0 Å². The van der Waals surface area contributed by atoms with Gasteiger partial charge in [-0.15, -0.1) is 0 Å². The fourth-order valence-corrected chi connectivity index (χ4v) is 4.92. The molecule has 37 heavy (non-hydrogen) atoms. The van der Waals surface area contributed by atoms with Crippen LogP contribution in [0.5, 0.6) is 0 Å². The number of halogens is 1. The van der Waals surface area contributed by atoms with E-state index >= 15 is 0 Å². The molecule has 1 aromatic heterocycles. The van der Waals surface area contributed by atoms with Gasteiger partial charge in [-0.25, -0.2) is 4.39 Å². The Hall–Kier alpha value is -3.78. The lowest BCUT2D eigenvalue weighted by Crippen LogP contribution is -2.41. The van der Waals surface area contributed by atoms with Crippen LogP contribution >= 0.6 is 0 Å². The number of nitrogens with one attached hydrogen (secondary N) is 2. The molecule has 0 radical (unpaired) electrons. The molecular formula is C29H33FN4O3. The van der Waals surface area contributed by atoms with Crippen molar-refractivity contribution in [2.45, 2.75) is 51.7 Å². The van der Waals surface area contributed by atoms with Crippen LogP contribution in [0, 0.1) is 5.82 Å². The van der Waals surface area contributed by atoms with E-state index in [-0.39, 0.29) is 30.1 Å². The van der Waals surface area contributed by atoms with Gasteiger partial charge in [-0.2, -0.15) is 0 Å². The zero-order valence-electron chi connectivity index (χ0n) is 21.5. The van der Waals surface area contributed by atoms with E-state index in [0.29, 0.717) is 17.8 Å². The number of hydrogen-bond donors (Lipinski definition) is 2. The Labute approximate surface area is 216 Å². The van der Waals surface area contributed by atoms with Gasteiger partial charge in [-0.3, -0.25) is 19.0 Å². The maximum Gasteiger partial charge on any atom is 0.275 e. The molecule has 0 fully saturated rings. The number of fused-ring (bicyclic) bond motifs is 1. The number of anilines is 1. The number of carbonyl (C=O) groups excluding carboxylic acids is 2. The van der Waals surface area contributed by atoms with Crippen molar-refractivity contribution in [1.29, 1.82) is 0 Å². The first-order chi connectivity index (χ1) is 17.8. The molecular weight excluding hydrogens is 471 g/mol. The molecule has 0 aliphatic heterocycles. The van der Waals surface area contributed by atoms with Crippen molar-refractivity contribution in [2.75, 3.05) is 18.9 Å². The van der Waals surface area contributed by atoms with Crippen molar-refractivity contribution in [3.63, 3.8) is 0 Å². The molecule has 0 saturated heterocycles. The van der Waals surface area contributed by atoms with E-state index in [1.54, 1.807) is 32.2 Å². The van der Waals surface area contributed by atoms with Gasteiger partial charge >= 0.3 is 0 Å². The van der Waals surface area contributed by atoms with Gasteiger partial charge in [0.2, 0.25) is 11.8 Å². The van der Waals surface area contributed by atoms with E-state index in [4.69, 9.17) is 0 Å². The highest BCUT2D eigenvalue weighted by molar-refractivity contribution is 5.94. The number of aromatic nitrogens is 1. The van der Waals surface area contributed by atoms with Crippen LogP contribution in [0.15, 0.2) is 65.5 Å². The molecule has 0 spiro atoms. The Morgan fingerprint density at radius 2 is 1.84 bits per heavy atom. The van der Waals surface area contributed by atoms with E-state index in [1.165, 1.54) is 28.3 Å². The number of amides is 2. The number of aryl methyl sites for hydroxylation is 1. The molecule has 2 aromatic carbocycles. The highest BCUT2D eigenvalue weighted by atomic mass is 19.1. The van der Waals surface area contributed by atoms with E-state index in [0.717, 1.165) is 24.8 Å². The van der Waals surface area contributed by atoms with Crippen molar-refractivity contribution in [1.82, 2.24) is 14.8 Å². The molecule has 2 N–H and O–H groups in total. The van der Waals surface area contributed by atoms with Crippen LogP contribution in [-0.4, -0.2) is 40.9 Å². The lowest BCUT2D eigenvalue weighted by atomic mass is 9.86. The minimum atomic E-state index is -0.506. The average molecular weight is 505 g/mol. The molecule has 1 aliphatic carbocycles. The van der Waals surface area contributed by atoms with Crippen LogP contribution in [0.4, 0.5) is 10.1 Å². The first-order valence-electron chi connectivity index (χ1n) is 12.7. The summed E-state index contributed by atoms with van der Waals surface area (Å²) in [6.07, 6.45) is 2.82. The maximum atomic E-state index is 13.7. The Morgan fingerprint density at radius 3 is 2.54 bits per heavy atom. The van der Waals surface area contributed by atoms with Crippen LogP contribution < -0.4 is 16.2 Å². The van der Waals surface area contributed by atoms with Gasteiger partial charge in [0, 0.05) is 6.54 Å². The van der Waals surface area contributed by atoms with E-state index in [2.05, 4.69) is 22.8 Å². The fraction of sp³-hybridized carbons (Fsp3) is 0.345. The largest absolute Gasteiger partial charge is 0.334 e. The Bertz CT molecular complexity index is 1340. The molecule has 1 unspecified atom stereocenters. The zero-order chi connectivity index (χ0) is 26.5. The van der Waals surface area contributed by atoms with E-state index in [1.807, 2.05) is 24.0 Å². The Kier molecular flexibility index (Phi) is 8.18. The fourth-order valence-electron chi connectivity index (χ4n) is 4.92. The molecule has 1 heterocycles. The minimum Gasteiger partial charge on any atom is -0.334 e. The standard InChI is InChI=1S/C29H33FN4O3/c1-4-33(26-11-7-9-20-8-5-6-10-23(20)26)27(35)18-34-25(21-12-14-22(30)15-13-21)17-16-24(29(34)37)32-28(36)19(2)31-3/h5-6,8,10,12-17,19,26,31H,4,7,9,11,18H2,1-3H3,(H,32,36)/t19?,26-/m0/s1. The molecule has 8 heteroatoms. The van der Waals surface area contributed by atoms with Crippen molar-refractivity contribution in [2.24, 2.45) is 0 Å². The third-order valence-electron chi connectivity index (χ3n) is 7.07. The first-order valence-corrected chi connectivity index (χ1v) is 12.7. The molecule has 2 amide bonds.